The highest BCUT2D eigenvalue weighted by Gasteiger charge is 2.33. The third kappa shape index (κ3) is 4.43. The molecule has 1 saturated carbocycles. The van der Waals surface area contributed by atoms with Crippen molar-refractivity contribution < 1.29 is 9.90 Å². The number of carbonyl (C=O) groups excluding carboxylic acids is 1. The molecule has 0 aromatic heterocycles. The van der Waals surface area contributed by atoms with Crippen LogP contribution in [0.5, 0.6) is 0 Å². The highest BCUT2D eigenvalue weighted by atomic mass is 16.3. The summed E-state index contributed by atoms with van der Waals surface area (Å²) in [5.74, 6) is 1.10. The van der Waals surface area contributed by atoms with Crippen LogP contribution in [-0.4, -0.2) is 72.2 Å². The van der Waals surface area contributed by atoms with Crippen molar-refractivity contribution in [3.63, 3.8) is 0 Å². The minimum absolute atomic E-state index is 0.328. The highest BCUT2D eigenvalue weighted by Crippen LogP contribution is 2.30. The SMILES string of the molecule is CN1CCC(O)(CN[C@@H]2CCC(=O)N(CC3CC3)CC2)CC1. The second kappa shape index (κ2) is 6.85. The van der Waals surface area contributed by atoms with Crippen LogP contribution in [-0.2, 0) is 4.79 Å². The van der Waals surface area contributed by atoms with Crippen molar-refractivity contribution in [1.82, 2.24) is 15.1 Å². The van der Waals surface area contributed by atoms with Gasteiger partial charge in [-0.05, 0) is 51.5 Å². The molecule has 1 aliphatic carbocycles. The van der Waals surface area contributed by atoms with Crippen LogP contribution in [0.2, 0.25) is 0 Å². The van der Waals surface area contributed by atoms with Gasteiger partial charge in [0.25, 0.3) is 0 Å². The average Bonchev–Trinajstić information content (AvgIpc) is 3.33. The second-order valence-electron chi connectivity index (χ2n) is 7.72. The monoisotopic (exact) mass is 309 g/mol. The number of aliphatic hydroxyl groups is 1. The zero-order chi connectivity index (χ0) is 15.6. The third-order valence-corrected chi connectivity index (χ3v) is 5.62. The van der Waals surface area contributed by atoms with Crippen LogP contribution in [0.4, 0.5) is 0 Å². The molecule has 0 unspecified atom stereocenters. The van der Waals surface area contributed by atoms with Crippen LogP contribution >= 0.6 is 0 Å². The molecule has 3 rings (SSSR count). The zero-order valence-electron chi connectivity index (χ0n) is 13.9. The van der Waals surface area contributed by atoms with Gasteiger partial charge in [-0.2, -0.15) is 0 Å². The first kappa shape index (κ1) is 16.2. The first-order chi connectivity index (χ1) is 10.5. The van der Waals surface area contributed by atoms with Crippen molar-refractivity contribution >= 4 is 5.91 Å². The molecule has 0 radical (unpaired) electrons. The van der Waals surface area contributed by atoms with Gasteiger partial charge < -0.3 is 20.2 Å². The third-order valence-electron chi connectivity index (χ3n) is 5.62. The minimum Gasteiger partial charge on any atom is -0.388 e. The van der Waals surface area contributed by atoms with Crippen LogP contribution in [0.1, 0.15) is 44.9 Å². The summed E-state index contributed by atoms with van der Waals surface area (Å²) < 4.78 is 0. The summed E-state index contributed by atoms with van der Waals surface area (Å²) in [7, 11) is 2.11. The molecule has 0 aromatic rings. The van der Waals surface area contributed by atoms with Crippen LogP contribution in [0, 0.1) is 5.92 Å². The molecule has 1 amide bonds. The van der Waals surface area contributed by atoms with Gasteiger partial charge in [0.15, 0.2) is 0 Å². The van der Waals surface area contributed by atoms with Gasteiger partial charge in [-0.1, -0.05) is 0 Å². The fourth-order valence-corrected chi connectivity index (χ4v) is 3.59. The van der Waals surface area contributed by atoms with Crippen LogP contribution in [0.15, 0.2) is 0 Å². The lowest BCUT2D eigenvalue weighted by atomic mass is 9.91. The number of hydrogen-bond donors (Lipinski definition) is 2. The Morgan fingerprint density at radius 2 is 1.91 bits per heavy atom. The Hall–Kier alpha value is -0.650. The number of carbonyl (C=O) groups is 1. The van der Waals surface area contributed by atoms with Gasteiger partial charge in [0.05, 0.1) is 5.60 Å². The molecule has 0 spiro atoms. The molecule has 2 aliphatic heterocycles. The zero-order valence-corrected chi connectivity index (χ0v) is 13.9. The second-order valence-corrected chi connectivity index (χ2v) is 7.72. The number of piperidine rings is 1. The van der Waals surface area contributed by atoms with E-state index >= 15 is 0 Å². The first-order valence-electron chi connectivity index (χ1n) is 8.96. The summed E-state index contributed by atoms with van der Waals surface area (Å²) in [6, 6.07) is 0.372. The van der Waals surface area contributed by atoms with Gasteiger partial charge >= 0.3 is 0 Å². The molecule has 126 valence electrons. The number of nitrogens with one attached hydrogen (secondary N) is 1. The summed E-state index contributed by atoms with van der Waals surface area (Å²) >= 11 is 0. The lowest BCUT2D eigenvalue weighted by Crippen LogP contribution is -2.50. The Balaban J connectivity index is 1.43. The molecule has 2 saturated heterocycles. The summed E-state index contributed by atoms with van der Waals surface area (Å²) in [6.07, 6.45) is 6.88. The minimum atomic E-state index is -0.559. The molecular weight excluding hydrogens is 278 g/mol. The van der Waals surface area contributed by atoms with Crippen molar-refractivity contribution in [1.29, 1.82) is 0 Å². The lowest BCUT2D eigenvalue weighted by Gasteiger charge is -2.37. The molecule has 5 nitrogen and oxygen atoms in total. The quantitative estimate of drug-likeness (QED) is 0.790. The molecule has 5 heteroatoms. The first-order valence-corrected chi connectivity index (χ1v) is 8.96. The summed E-state index contributed by atoms with van der Waals surface area (Å²) in [6.45, 7) is 4.46. The predicted octanol–water partition coefficient (Wildman–Crippen LogP) is 0.824. The van der Waals surface area contributed by atoms with Crippen molar-refractivity contribution in [2.75, 3.05) is 39.8 Å². The number of nitrogens with zero attached hydrogens (tertiary/aromatic N) is 2. The van der Waals surface area contributed by atoms with E-state index < -0.39 is 5.60 Å². The number of hydrogen-bond acceptors (Lipinski definition) is 4. The standard InChI is InChI=1S/C17H31N3O2/c1-19-10-7-17(22,8-11-19)13-18-15-4-5-16(21)20(9-6-15)12-14-2-3-14/h14-15,18,22H,2-13H2,1H3/t15-/m1/s1. The summed E-state index contributed by atoms with van der Waals surface area (Å²) in [4.78, 5) is 16.5. The maximum atomic E-state index is 12.2. The fourth-order valence-electron chi connectivity index (χ4n) is 3.59. The van der Waals surface area contributed by atoms with Crippen molar-refractivity contribution in [2.45, 2.75) is 56.6 Å². The molecule has 22 heavy (non-hydrogen) atoms. The fraction of sp³-hybridized carbons (Fsp3) is 0.941. The number of rotatable bonds is 5. The molecule has 1 atom stereocenters. The number of likely N-dealkylation sites (tertiary alicyclic amines) is 2. The Kier molecular flexibility index (Phi) is 5.05. The van der Waals surface area contributed by atoms with E-state index in [1.165, 1.54) is 12.8 Å². The maximum absolute atomic E-state index is 12.2. The Labute approximate surface area is 134 Å². The van der Waals surface area contributed by atoms with E-state index in [0.29, 0.717) is 24.9 Å². The number of amides is 1. The van der Waals surface area contributed by atoms with Crippen molar-refractivity contribution in [3.8, 4) is 0 Å². The predicted molar refractivity (Wildman–Crippen MR) is 86.6 cm³/mol. The Morgan fingerprint density at radius 3 is 2.59 bits per heavy atom. The van der Waals surface area contributed by atoms with Gasteiger partial charge in [0, 0.05) is 45.2 Å². The molecule has 0 aromatic carbocycles. The molecule has 3 fully saturated rings. The largest absolute Gasteiger partial charge is 0.388 e. The molecule has 2 N–H and O–H groups in total. The van der Waals surface area contributed by atoms with Gasteiger partial charge in [-0.3, -0.25) is 4.79 Å². The maximum Gasteiger partial charge on any atom is 0.222 e. The molecule has 3 aliphatic rings. The summed E-state index contributed by atoms with van der Waals surface area (Å²) in [5.41, 5.74) is -0.559. The van der Waals surface area contributed by atoms with E-state index in [1.54, 1.807) is 0 Å². The topological polar surface area (TPSA) is 55.8 Å². The Bertz CT molecular complexity index is 389. The van der Waals surface area contributed by atoms with Crippen LogP contribution < -0.4 is 5.32 Å². The van der Waals surface area contributed by atoms with E-state index in [0.717, 1.165) is 57.8 Å². The van der Waals surface area contributed by atoms with Crippen molar-refractivity contribution in [3.05, 3.63) is 0 Å². The van der Waals surface area contributed by atoms with E-state index in [2.05, 4.69) is 22.2 Å². The molecule has 0 bridgehead atoms. The smallest absolute Gasteiger partial charge is 0.222 e. The average molecular weight is 309 g/mol. The van der Waals surface area contributed by atoms with E-state index in [-0.39, 0.29) is 0 Å². The van der Waals surface area contributed by atoms with Crippen LogP contribution in [0.3, 0.4) is 0 Å². The Morgan fingerprint density at radius 1 is 1.18 bits per heavy atom. The lowest BCUT2D eigenvalue weighted by molar-refractivity contribution is -0.130. The van der Waals surface area contributed by atoms with Crippen LogP contribution in [0.25, 0.3) is 0 Å². The van der Waals surface area contributed by atoms with Crippen molar-refractivity contribution in [2.24, 2.45) is 5.92 Å². The van der Waals surface area contributed by atoms with Gasteiger partial charge in [-0.25, -0.2) is 0 Å². The summed E-state index contributed by atoms with van der Waals surface area (Å²) in [5, 5.41) is 14.2. The normalized spacial score (nSPS) is 30.4. The molecule has 2 heterocycles. The van der Waals surface area contributed by atoms with Gasteiger partial charge in [0.2, 0.25) is 5.91 Å². The molecular formula is C17H31N3O2. The highest BCUT2D eigenvalue weighted by molar-refractivity contribution is 5.76. The van der Waals surface area contributed by atoms with Gasteiger partial charge in [-0.15, -0.1) is 0 Å². The van der Waals surface area contributed by atoms with Gasteiger partial charge in [0.1, 0.15) is 0 Å². The van der Waals surface area contributed by atoms with E-state index in [9.17, 15) is 9.90 Å². The van der Waals surface area contributed by atoms with E-state index in [4.69, 9.17) is 0 Å². The van der Waals surface area contributed by atoms with E-state index in [1.807, 2.05) is 0 Å².